The van der Waals surface area contributed by atoms with Crippen LogP contribution in [-0.4, -0.2) is 42.0 Å². The largest absolute Gasteiger partial charge is 0.627 e. The van der Waals surface area contributed by atoms with Crippen LogP contribution in [0.1, 0.15) is 5.56 Å². The zero-order valence-electron chi connectivity index (χ0n) is 11.0. The number of carboxylic acid groups (broad SMARTS) is 1. The molecule has 0 spiro atoms. The van der Waals surface area contributed by atoms with E-state index in [0.717, 1.165) is 5.56 Å². The first-order valence-electron chi connectivity index (χ1n) is 6.21. The Morgan fingerprint density at radius 1 is 1.25 bits per heavy atom. The van der Waals surface area contributed by atoms with Crippen molar-refractivity contribution in [2.75, 3.05) is 24.8 Å². The van der Waals surface area contributed by atoms with E-state index in [9.17, 15) is 10.0 Å². The van der Waals surface area contributed by atoms with Gasteiger partial charge in [-0.3, -0.25) is 4.79 Å². The summed E-state index contributed by atoms with van der Waals surface area (Å²) >= 11 is 11.3. The van der Waals surface area contributed by atoms with E-state index in [-0.39, 0.29) is 31.3 Å². The predicted octanol–water partition coefficient (Wildman–Crippen LogP) is 1.92. The maximum Gasteiger partial charge on any atom is 0.320 e. The summed E-state index contributed by atoms with van der Waals surface area (Å²) < 4.78 is -0.585. The van der Waals surface area contributed by atoms with Gasteiger partial charge in [0.25, 0.3) is 0 Å². The van der Waals surface area contributed by atoms with Gasteiger partial charge >= 0.3 is 5.97 Å². The summed E-state index contributed by atoms with van der Waals surface area (Å²) in [6.07, 6.45) is 0.222. The van der Waals surface area contributed by atoms with Gasteiger partial charge in [0.2, 0.25) is 0 Å². The summed E-state index contributed by atoms with van der Waals surface area (Å²) in [5, 5.41) is 21.4. The molecule has 1 rings (SSSR count). The van der Waals surface area contributed by atoms with E-state index in [1.54, 1.807) is 24.3 Å². The van der Waals surface area contributed by atoms with Crippen LogP contribution in [-0.2, 0) is 11.2 Å². The highest BCUT2D eigenvalue weighted by Gasteiger charge is 2.19. The highest BCUT2D eigenvalue weighted by molar-refractivity contribution is 6.18. The third kappa shape index (κ3) is 4.61. The molecule has 0 heterocycles. The van der Waals surface area contributed by atoms with Crippen LogP contribution in [0.3, 0.4) is 0 Å². The van der Waals surface area contributed by atoms with Gasteiger partial charge < -0.3 is 20.7 Å². The maximum absolute atomic E-state index is 12.6. The van der Waals surface area contributed by atoms with Gasteiger partial charge in [0.05, 0.1) is 24.8 Å². The molecule has 0 radical (unpaired) electrons. The van der Waals surface area contributed by atoms with Gasteiger partial charge in [0.15, 0.2) is 0 Å². The number of carbonyl (C=O) groups is 1. The first-order valence-corrected chi connectivity index (χ1v) is 7.28. The minimum Gasteiger partial charge on any atom is -0.627 e. The van der Waals surface area contributed by atoms with Gasteiger partial charge in [0, 0.05) is 0 Å². The number of quaternary nitrogens is 1. The second-order valence-electron chi connectivity index (χ2n) is 4.53. The summed E-state index contributed by atoms with van der Waals surface area (Å²) in [6.45, 7) is 0.477. The van der Waals surface area contributed by atoms with Gasteiger partial charge in [-0.15, -0.1) is 23.2 Å². The average Bonchev–Trinajstić information content (AvgIpc) is 2.39. The van der Waals surface area contributed by atoms with E-state index < -0.39 is 16.7 Å². The number of halogens is 2. The number of benzene rings is 1. The second kappa shape index (κ2) is 7.81. The number of nitrogens with two attached hydrogens (primary N) is 1. The summed E-state index contributed by atoms with van der Waals surface area (Å²) in [4.78, 5) is 10.7. The number of aliphatic carboxylic acids is 1. The molecule has 112 valence electrons. The van der Waals surface area contributed by atoms with E-state index in [1.807, 2.05) is 0 Å². The quantitative estimate of drug-likeness (QED) is 0.435. The van der Waals surface area contributed by atoms with Gasteiger partial charge in [-0.2, -0.15) is 0 Å². The van der Waals surface area contributed by atoms with E-state index in [1.165, 1.54) is 0 Å². The van der Waals surface area contributed by atoms with Crippen molar-refractivity contribution >= 4 is 34.9 Å². The average molecular weight is 321 g/mol. The molecule has 0 fully saturated rings. The summed E-state index contributed by atoms with van der Waals surface area (Å²) in [6, 6.07) is 5.83. The highest BCUT2D eigenvalue weighted by Crippen LogP contribution is 2.23. The zero-order valence-corrected chi connectivity index (χ0v) is 12.5. The summed E-state index contributed by atoms with van der Waals surface area (Å²) in [5.41, 5.74) is 6.79. The first kappa shape index (κ1) is 17.2. The molecule has 1 aromatic carbocycles. The molecular formula is C13H18Cl2N2O3. The van der Waals surface area contributed by atoms with Crippen LogP contribution in [0.5, 0.6) is 0 Å². The van der Waals surface area contributed by atoms with Crippen LogP contribution in [0.2, 0.25) is 0 Å². The fourth-order valence-electron chi connectivity index (χ4n) is 1.89. The number of hydrogen-bond acceptors (Lipinski definition) is 3. The summed E-state index contributed by atoms with van der Waals surface area (Å²) in [7, 11) is 0. The van der Waals surface area contributed by atoms with Gasteiger partial charge in [-0.05, 0) is 24.1 Å². The molecule has 0 aliphatic rings. The van der Waals surface area contributed by atoms with Gasteiger partial charge in [-0.25, -0.2) is 0 Å². The SMILES string of the molecule is N[C@@H](Cc1ccc([N+]([O-])(CCCl)CCCl)cc1)C(=O)O. The van der Waals surface area contributed by atoms with Crippen LogP contribution < -0.4 is 10.4 Å². The van der Waals surface area contributed by atoms with Crippen molar-refractivity contribution in [1.29, 1.82) is 0 Å². The number of rotatable bonds is 8. The first-order chi connectivity index (χ1) is 9.42. The Morgan fingerprint density at radius 2 is 1.75 bits per heavy atom. The minimum atomic E-state index is -1.05. The Hall–Kier alpha value is -0.850. The molecule has 5 nitrogen and oxygen atoms in total. The topological polar surface area (TPSA) is 86.4 Å². The number of nitrogens with zero attached hydrogens (tertiary/aromatic N) is 1. The molecule has 20 heavy (non-hydrogen) atoms. The predicted molar refractivity (Wildman–Crippen MR) is 82.1 cm³/mol. The van der Waals surface area contributed by atoms with Crippen molar-refractivity contribution in [3.8, 4) is 0 Å². The van der Waals surface area contributed by atoms with E-state index in [2.05, 4.69) is 0 Å². The standard InChI is InChI=1S/C13H18Cl2N2O3/c14-5-7-17(20,8-6-15)11-3-1-10(2-4-11)9-12(16)13(18)19/h1-4,12H,5-9,16H2,(H,18,19)/t12-/m0/s1. The number of alkyl halides is 2. The lowest BCUT2D eigenvalue weighted by Crippen LogP contribution is -2.46. The van der Waals surface area contributed by atoms with Crippen molar-refractivity contribution in [2.24, 2.45) is 5.73 Å². The highest BCUT2D eigenvalue weighted by atomic mass is 35.5. The molecule has 1 atom stereocenters. The lowest BCUT2D eigenvalue weighted by atomic mass is 10.1. The Bertz CT molecular complexity index is 434. The Balaban J connectivity index is 2.85. The number of hydrogen-bond donors (Lipinski definition) is 2. The van der Waals surface area contributed by atoms with E-state index in [4.69, 9.17) is 34.0 Å². The van der Waals surface area contributed by atoms with E-state index in [0.29, 0.717) is 5.69 Å². The van der Waals surface area contributed by atoms with Crippen molar-refractivity contribution in [3.63, 3.8) is 0 Å². The molecule has 0 saturated carbocycles. The molecule has 1 aromatic rings. The normalized spacial score (nSPS) is 13.2. The fourth-order valence-corrected chi connectivity index (χ4v) is 2.43. The maximum atomic E-state index is 12.6. The third-order valence-corrected chi connectivity index (χ3v) is 3.41. The van der Waals surface area contributed by atoms with Crippen LogP contribution in [0.4, 0.5) is 5.69 Å². The lowest BCUT2D eigenvalue weighted by Gasteiger charge is -2.41. The number of hydroxylamine groups is 2. The minimum absolute atomic E-state index is 0.222. The van der Waals surface area contributed by atoms with Crippen LogP contribution in [0.15, 0.2) is 24.3 Å². The Labute approximate surface area is 128 Å². The molecule has 0 bridgehead atoms. The molecule has 0 saturated heterocycles. The fraction of sp³-hybridized carbons (Fsp3) is 0.462. The monoisotopic (exact) mass is 320 g/mol. The van der Waals surface area contributed by atoms with Crippen molar-refractivity contribution < 1.29 is 9.90 Å². The molecule has 0 aliphatic heterocycles. The molecule has 0 amide bonds. The Morgan fingerprint density at radius 3 is 2.15 bits per heavy atom. The van der Waals surface area contributed by atoms with Crippen LogP contribution in [0.25, 0.3) is 0 Å². The molecular weight excluding hydrogens is 303 g/mol. The van der Waals surface area contributed by atoms with Crippen molar-refractivity contribution in [3.05, 3.63) is 35.0 Å². The van der Waals surface area contributed by atoms with Crippen molar-refractivity contribution in [1.82, 2.24) is 4.65 Å². The smallest absolute Gasteiger partial charge is 0.320 e. The third-order valence-electron chi connectivity index (χ3n) is 3.07. The summed E-state index contributed by atoms with van der Waals surface area (Å²) in [5.74, 6) is -0.565. The molecule has 0 aromatic heterocycles. The molecule has 0 aliphatic carbocycles. The number of carboxylic acids is 1. The van der Waals surface area contributed by atoms with Crippen molar-refractivity contribution in [2.45, 2.75) is 12.5 Å². The zero-order chi connectivity index (χ0) is 15.2. The van der Waals surface area contributed by atoms with Crippen LogP contribution >= 0.6 is 23.2 Å². The van der Waals surface area contributed by atoms with Gasteiger partial charge in [-0.1, -0.05) is 12.1 Å². The molecule has 0 unspecified atom stereocenters. The van der Waals surface area contributed by atoms with Crippen LogP contribution in [0, 0.1) is 5.21 Å². The Kier molecular flexibility index (Phi) is 6.71. The lowest BCUT2D eigenvalue weighted by molar-refractivity contribution is -0.138. The van der Waals surface area contributed by atoms with E-state index >= 15 is 0 Å². The molecule has 7 heteroatoms. The second-order valence-corrected chi connectivity index (χ2v) is 5.29. The van der Waals surface area contributed by atoms with Gasteiger partial charge in [0.1, 0.15) is 11.7 Å². The molecule has 3 N–H and O–H groups in total.